The third-order valence-corrected chi connectivity index (χ3v) is 1.93. The summed E-state index contributed by atoms with van der Waals surface area (Å²) < 4.78 is 40.5. The molecule has 0 amide bonds. The predicted octanol–water partition coefficient (Wildman–Crippen LogP) is 2.47. The molecule has 3 nitrogen and oxygen atoms in total. The topological polar surface area (TPSA) is 38.3 Å². The Morgan fingerprint density at radius 3 is 2.71 bits per heavy atom. The van der Waals surface area contributed by atoms with Crippen molar-refractivity contribution in [3.8, 4) is 0 Å². The van der Waals surface area contributed by atoms with Gasteiger partial charge in [-0.25, -0.2) is 10.1 Å². The molecule has 0 fully saturated rings. The number of carbonyl (C=O) groups is 1. The zero-order valence-electron chi connectivity index (χ0n) is 9.17. The standard InChI is InChI=1S/C11H12F3NO2/c1-2-17-10(16)9-5-3-4-8(6-9)7-15-11(12,13)14/h3-6,15H,2,7H2,1H3. The maximum atomic E-state index is 11.9. The van der Waals surface area contributed by atoms with E-state index in [9.17, 15) is 18.0 Å². The molecule has 0 aromatic heterocycles. The predicted molar refractivity (Wildman–Crippen MR) is 55.3 cm³/mol. The van der Waals surface area contributed by atoms with Gasteiger partial charge in [-0.1, -0.05) is 12.1 Å². The van der Waals surface area contributed by atoms with E-state index >= 15 is 0 Å². The normalized spacial score (nSPS) is 11.3. The molecule has 6 heteroatoms. The highest BCUT2D eigenvalue weighted by Gasteiger charge is 2.26. The van der Waals surface area contributed by atoms with Crippen molar-refractivity contribution < 1.29 is 22.7 Å². The van der Waals surface area contributed by atoms with Gasteiger partial charge in [-0.05, 0) is 24.6 Å². The molecule has 0 atom stereocenters. The Kier molecular flexibility index (Phi) is 4.51. The summed E-state index contributed by atoms with van der Waals surface area (Å²) in [6.45, 7) is 1.51. The van der Waals surface area contributed by atoms with Gasteiger partial charge in [-0.2, -0.15) is 13.2 Å². The van der Waals surface area contributed by atoms with Crippen LogP contribution in [-0.4, -0.2) is 18.9 Å². The summed E-state index contributed by atoms with van der Waals surface area (Å²) in [6, 6.07) is 5.88. The lowest BCUT2D eigenvalue weighted by Gasteiger charge is -2.09. The SMILES string of the molecule is CCOC(=O)c1cccc(CNC(F)(F)F)c1. The Morgan fingerprint density at radius 1 is 1.41 bits per heavy atom. The molecular formula is C11H12F3NO2. The summed E-state index contributed by atoms with van der Waals surface area (Å²) in [7, 11) is 0. The van der Waals surface area contributed by atoms with Gasteiger partial charge in [-0.15, -0.1) is 0 Å². The Labute approximate surface area is 96.6 Å². The quantitative estimate of drug-likeness (QED) is 0.656. The fourth-order valence-corrected chi connectivity index (χ4v) is 1.22. The first-order valence-electron chi connectivity index (χ1n) is 5.00. The molecule has 0 aliphatic carbocycles. The van der Waals surface area contributed by atoms with Crippen molar-refractivity contribution >= 4 is 5.97 Å². The molecule has 94 valence electrons. The lowest BCUT2D eigenvalue weighted by molar-refractivity contribution is -0.158. The molecule has 0 bridgehead atoms. The Bertz CT molecular complexity index is 391. The summed E-state index contributed by atoms with van der Waals surface area (Å²) in [5.41, 5.74) is 0.612. The molecule has 0 radical (unpaired) electrons. The van der Waals surface area contributed by atoms with Gasteiger partial charge in [0.15, 0.2) is 0 Å². The van der Waals surface area contributed by atoms with Crippen LogP contribution in [0.5, 0.6) is 0 Å². The average molecular weight is 247 g/mol. The van der Waals surface area contributed by atoms with Gasteiger partial charge in [0.1, 0.15) is 0 Å². The number of carbonyl (C=O) groups excluding carboxylic acids is 1. The molecule has 1 rings (SSSR count). The number of ether oxygens (including phenoxy) is 1. The van der Waals surface area contributed by atoms with E-state index in [2.05, 4.69) is 0 Å². The van der Waals surface area contributed by atoms with Crippen LogP contribution in [0.1, 0.15) is 22.8 Å². The van der Waals surface area contributed by atoms with Gasteiger partial charge < -0.3 is 4.74 Å². The van der Waals surface area contributed by atoms with Gasteiger partial charge in [0.25, 0.3) is 0 Å². The van der Waals surface area contributed by atoms with Gasteiger partial charge in [0.2, 0.25) is 0 Å². The second-order valence-corrected chi connectivity index (χ2v) is 3.27. The van der Waals surface area contributed by atoms with Crippen molar-refractivity contribution in [3.05, 3.63) is 35.4 Å². The van der Waals surface area contributed by atoms with E-state index in [4.69, 9.17) is 4.74 Å². The second kappa shape index (κ2) is 5.67. The highest BCUT2D eigenvalue weighted by atomic mass is 19.4. The molecule has 1 aromatic rings. The number of hydrogen-bond donors (Lipinski definition) is 1. The number of hydrogen-bond acceptors (Lipinski definition) is 3. The van der Waals surface area contributed by atoms with Crippen LogP contribution in [-0.2, 0) is 11.3 Å². The van der Waals surface area contributed by atoms with Crippen LogP contribution in [0, 0.1) is 0 Å². The van der Waals surface area contributed by atoms with Crippen molar-refractivity contribution in [3.63, 3.8) is 0 Å². The number of alkyl halides is 3. The van der Waals surface area contributed by atoms with E-state index in [0.717, 1.165) is 0 Å². The van der Waals surface area contributed by atoms with Crippen LogP contribution < -0.4 is 5.32 Å². The molecule has 0 aliphatic rings. The first-order chi connectivity index (χ1) is 7.92. The fourth-order valence-electron chi connectivity index (χ4n) is 1.22. The number of rotatable bonds is 4. The summed E-state index contributed by atoms with van der Waals surface area (Å²) in [6.07, 6.45) is -4.43. The Hall–Kier alpha value is -1.56. The molecule has 0 spiro atoms. The minimum absolute atomic E-state index is 0.226. The molecule has 0 heterocycles. The van der Waals surface area contributed by atoms with Gasteiger partial charge in [-0.3, -0.25) is 0 Å². The van der Waals surface area contributed by atoms with Gasteiger partial charge in [0.05, 0.1) is 12.2 Å². The first kappa shape index (κ1) is 13.5. The zero-order valence-corrected chi connectivity index (χ0v) is 9.17. The van der Waals surface area contributed by atoms with Crippen LogP contribution >= 0.6 is 0 Å². The van der Waals surface area contributed by atoms with Crippen molar-refractivity contribution in [2.75, 3.05) is 6.61 Å². The monoisotopic (exact) mass is 247 g/mol. The molecule has 0 saturated carbocycles. The minimum atomic E-state index is -4.43. The first-order valence-corrected chi connectivity index (χ1v) is 5.00. The van der Waals surface area contributed by atoms with Crippen molar-refractivity contribution in [1.29, 1.82) is 0 Å². The molecule has 0 unspecified atom stereocenters. The minimum Gasteiger partial charge on any atom is -0.462 e. The summed E-state index contributed by atoms with van der Waals surface area (Å²) >= 11 is 0. The number of benzene rings is 1. The number of nitrogens with one attached hydrogen (secondary N) is 1. The van der Waals surface area contributed by atoms with Crippen LogP contribution in [0.4, 0.5) is 13.2 Å². The van der Waals surface area contributed by atoms with Crippen molar-refractivity contribution in [1.82, 2.24) is 5.32 Å². The molecule has 1 N–H and O–H groups in total. The highest BCUT2D eigenvalue weighted by Crippen LogP contribution is 2.12. The van der Waals surface area contributed by atoms with E-state index in [1.165, 1.54) is 29.6 Å². The largest absolute Gasteiger partial charge is 0.462 e. The van der Waals surface area contributed by atoms with Crippen LogP contribution in [0.15, 0.2) is 24.3 Å². The zero-order chi connectivity index (χ0) is 12.9. The second-order valence-electron chi connectivity index (χ2n) is 3.27. The molecule has 17 heavy (non-hydrogen) atoms. The van der Waals surface area contributed by atoms with E-state index in [1.807, 2.05) is 0 Å². The van der Waals surface area contributed by atoms with Gasteiger partial charge in [0, 0.05) is 6.54 Å². The average Bonchev–Trinajstić information content (AvgIpc) is 2.26. The molecule has 0 saturated heterocycles. The summed E-state index contributed by atoms with van der Waals surface area (Å²) in [5, 5.41) is 1.38. The number of esters is 1. The van der Waals surface area contributed by atoms with Crippen LogP contribution in [0.25, 0.3) is 0 Å². The van der Waals surface area contributed by atoms with Crippen LogP contribution in [0.3, 0.4) is 0 Å². The lowest BCUT2D eigenvalue weighted by atomic mass is 10.1. The van der Waals surface area contributed by atoms with Crippen molar-refractivity contribution in [2.24, 2.45) is 0 Å². The van der Waals surface area contributed by atoms with E-state index in [-0.39, 0.29) is 18.7 Å². The Balaban J connectivity index is 2.69. The smallest absolute Gasteiger partial charge is 0.457 e. The van der Waals surface area contributed by atoms with E-state index < -0.39 is 12.3 Å². The fraction of sp³-hybridized carbons (Fsp3) is 0.364. The van der Waals surface area contributed by atoms with Crippen LogP contribution in [0.2, 0.25) is 0 Å². The molecule has 1 aromatic carbocycles. The number of halogens is 3. The van der Waals surface area contributed by atoms with Crippen molar-refractivity contribution in [2.45, 2.75) is 19.8 Å². The lowest BCUT2D eigenvalue weighted by Crippen LogP contribution is -2.30. The third-order valence-electron chi connectivity index (χ3n) is 1.93. The van der Waals surface area contributed by atoms with Gasteiger partial charge >= 0.3 is 12.3 Å². The maximum Gasteiger partial charge on any atom is 0.457 e. The maximum absolute atomic E-state index is 11.9. The third kappa shape index (κ3) is 4.86. The summed E-state index contributed by atoms with van der Waals surface area (Å²) in [4.78, 5) is 11.3. The van der Waals surface area contributed by atoms with E-state index in [0.29, 0.717) is 5.56 Å². The molecule has 0 aliphatic heterocycles. The summed E-state index contributed by atoms with van der Waals surface area (Å²) in [5.74, 6) is -0.540. The highest BCUT2D eigenvalue weighted by molar-refractivity contribution is 5.89. The Morgan fingerprint density at radius 2 is 2.12 bits per heavy atom. The van der Waals surface area contributed by atoms with E-state index in [1.54, 1.807) is 6.92 Å². The molecular weight excluding hydrogens is 235 g/mol.